The van der Waals surface area contributed by atoms with Gasteiger partial charge in [-0.05, 0) is 42.2 Å². The summed E-state index contributed by atoms with van der Waals surface area (Å²) in [4.78, 5) is 13.7. The molecule has 0 spiro atoms. The summed E-state index contributed by atoms with van der Waals surface area (Å²) in [6.45, 7) is 2.20. The van der Waals surface area contributed by atoms with E-state index in [1.807, 2.05) is 18.3 Å². The van der Waals surface area contributed by atoms with Crippen molar-refractivity contribution in [2.75, 3.05) is 4.90 Å². The number of hydrogen-bond donors (Lipinski definition) is 0. The summed E-state index contributed by atoms with van der Waals surface area (Å²) in [6, 6.07) is 6.33. The zero-order valence-electron chi connectivity index (χ0n) is 9.69. The van der Waals surface area contributed by atoms with Crippen LogP contribution in [0.4, 0.5) is 5.69 Å². The molecule has 0 radical (unpaired) electrons. The van der Waals surface area contributed by atoms with Gasteiger partial charge >= 0.3 is 0 Å². The fourth-order valence-corrected chi connectivity index (χ4v) is 3.03. The Morgan fingerprint density at radius 3 is 3.06 bits per heavy atom. The molecule has 0 N–H and O–H groups in total. The molecule has 17 heavy (non-hydrogen) atoms. The highest BCUT2D eigenvalue weighted by Crippen LogP contribution is 2.41. The Bertz CT molecular complexity index is 509. The lowest BCUT2D eigenvalue weighted by molar-refractivity contribution is -0.115. The minimum Gasteiger partial charge on any atom is -0.344 e. The van der Waals surface area contributed by atoms with Crippen molar-refractivity contribution in [2.24, 2.45) is 0 Å². The summed E-state index contributed by atoms with van der Waals surface area (Å²) < 4.78 is 0. The van der Waals surface area contributed by atoms with Crippen LogP contribution in [0.25, 0.3) is 0 Å². The molecule has 0 fully saturated rings. The summed E-state index contributed by atoms with van der Waals surface area (Å²) in [6.07, 6.45) is 5.23. The Balaban J connectivity index is 2.10. The predicted octanol–water partition coefficient (Wildman–Crippen LogP) is 3.51. The van der Waals surface area contributed by atoms with Crippen molar-refractivity contribution in [3.8, 4) is 0 Å². The van der Waals surface area contributed by atoms with Crippen molar-refractivity contribution in [1.29, 1.82) is 0 Å². The molecule has 0 saturated carbocycles. The Hall–Kier alpha value is -1.28. The Morgan fingerprint density at radius 2 is 2.24 bits per heavy atom. The van der Waals surface area contributed by atoms with Crippen LogP contribution < -0.4 is 4.90 Å². The van der Waals surface area contributed by atoms with Gasteiger partial charge in [0.2, 0.25) is 0 Å². The van der Waals surface area contributed by atoms with Gasteiger partial charge in [0.1, 0.15) is 0 Å². The molecule has 3 rings (SSSR count). The van der Waals surface area contributed by atoms with E-state index in [1.165, 1.54) is 11.3 Å². The highest BCUT2D eigenvalue weighted by Gasteiger charge is 2.32. The van der Waals surface area contributed by atoms with Crippen molar-refractivity contribution in [3.63, 3.8) is 0 Å². The van der Waals surface area contributed by atoms with E-state index >= 15 is 0 Å². The van der Waals surface area contributed by atoms with Gasteiger partial charge in [-0.1, -0.05) is 18.5 Å². The Kier molecular flexibility index (Phi) is 2.48. The van der Waals surface area contributed by atoms with Gasteiger partial charge < -0.3 is 4.90 Å². The molecule has 0 amide bonds. The molecular weight excluding hydrogens is 234 g/mol. The third-order valence-corrected chi connectivity index (χ3v) is 3.91. The van der Waals surface area contributed by atoms with Crippen LogP contribution in [0.15, 0.2) is 30.5 Å². The van der Waals surface area contributed by atoms with Gasteiger partial charge in [0.25, 0.3) is 0 Å². The van der Waals surface area contributed by atoms with Crippen molar-refractivity contribution in [2.45, 2.75) is 31.7 Å². The number of allylic oxidation sites excluding steroid dienone is 1. The topological polar surface area (TPSA) is 20.3 Å². The van der Waals surface area contributed by atoms with Crippen LogP contribution in [0.5, 0.6) is 0 Å². The molecule has 1 unspecified atom stereocenters. The molecule has 2 atom stereocenters. The third kappa shape index (κ3) is 1.77. The lowest BCUT2D eigenvalue weighted by Gasteiger charge is -2.41. The number of nitrogens with zero attached hydrogens (tertiary/aromatic N) is 1. The third-order valence-electron chi connectivity index (χ3n) is 3.68. The average Bonchev–Trinajstić information content (AvgIpc) is 2.29. The first-order valence-electron chi connectivity index (χ1n) is 5.94. The zero-order valence-corrected chi connectivity index (χ0v) is 10.4. The second kappa shape index (κ2) is 3.88. The molecule has 3 heteroatoms. The first kappa shape index (κ1) is 10.8. The SMILES string of the molecule is C[C@@H]1CC2CC(=O)C=CN2c2ccc(Cl)cc21. The van der Waals surface area contributed by atoms with E-state index in [1.54, 1.807) is 6.08 Å². The molecule has 2 aliphatic rings. The van der Waals surface area contributed by atoms with Gasteiger partial charge in [-0.15, -0.1) is 0 Å². The first-order chi connectivity index (χ1) is 8.15. The number of carbonyl (C=O) groups is 1. The maximum atomic E-state index is 11.5. The molecule has 0 bridgehead atoms. The van der Waals surface area contributed by atoms with Crippen molar-refractivity contribution < 1.29 is 4.79 Å². The molecule has 0 aromatic heterocycles. The van der Waals surface area contributed by atoms with Crippen LogP contribution >= 0.6 is 11.6 Å². The molecular formula is C14H14ClNO. The van der Waals surface area contributed by atoms with Crippen molar-refractivity contribution >= 4 is 23.1 Å². The number of fused-ring (bicyclic) bond motifs is 3. The lowest BCUT2D eigenvalue weighted by atomic mass is 9.84. The molecule has 0 aliphatic carbocycles. The number of rotatable bonds is 0. The molecule has 1 aromatic rings. The molecule has 2 heterocycles. The van der Waals surface area contributed by atoms with Gasteiger partial charge in [-0.2, -0.15) is 0 Å². The van der Waals surface area contributed by atoms with Gasteiger partial charge in [0.15, 0.2) is 5.78 Å². The van der Waals surface area contributed by atoms with E-state index in [0.717, 1.165) is 11.4 Å². The van der Waals surface area contributed by atoms with Crippen LogP contribution in [-0.2, 0) is 4.79 Å². The van der Waals surface area contributed by atoms with E-state index in [-0.39, 0.29) is 5.78 Å². The number of ketones is 1. The van der Waals surface area contributed by atoms with Gasteiger partial charge in [0.05, 0.1) is 0 Å². The number of anilines is 1. The molecule has 2 nitrogen and oxygen atoms in total. The summed E-state index contributed by atoms with van der Waals surface area (Å²) >= 11 is 6.05. The lowest BCUT2D eigenvalue weighted by Crippen LogP contribution is -2.40. The molecule has 0 saturated heterocycles. The second-order valence-corrected chi connectivity index (χ2v) is 5.32. The minimum atomic E-state index is 0.232. The molecule has 88 valence electrons. The van der Waals surface area contributed by atoms with E-state index in [2.05, 4.69) is 17.9 Å². The largest absolute Gasteiger partial charge is 0.344 e. The van der Waals surface area contributed by atoms with Crippen molar-refractivity contribution in [1.82, 2.24) is 0 Å². The maximum absolute atomic E-state index is 11.5. The van der Waals surface area contributed by atoms with E-state index in [4.69, 9.17) is 11.6 Å². The van der Waals surface area contributed by atoms with Crippen molar-refractivity contribution in [3.05, 3.63) is 41.1 Å². The summed E-state index contributed by atoms with van der Waals surface area (Å²) in [5.74, 6) is 0.695. The highest BCUT2D eigenvalue weighted by atomic mass is 35.5. The van der Waals surface area contributed by atoms with Crippen LogP contribution in [0.3, 0.4) is 0 Å². The van der Waals surface area contributed by atoms with Gasteiger partial charge in [0, 0.05) is 29.4 Å². The standard InChI is InChI=1S/C14H14ClNO/c1-9-6-11-8-12(17)4-5-16(11)14-3-2-10(15)7-13(9)14/h2-5,7,9,11H,6,8H2,1H3/t9-,11?/m1/s1. The summed E-state index contributed by atoms with van der Waals surface area (Å²) in [7, 11) is 0. The summed E-state index contributed by atoms with van der Waals surface area (Å²) in [5, 5.41) is 0.783. The predicted molar refractivity (Wildman–Crippen MR) is 69.5 cm³/mol. The fourth-order valence-electron chi connectivity index (χ4n) is 2.85. The monoisotopic (exact) mass is 247 g/mol. The number of carbonyl (C=O) groups excluding carboxylic acids is 1. The van der Waals surface area contributed by atoms with Gasteiger partial charge in [-0.3, -0.25) is 4.79 Å². The first-order valence-corrected chi connectivity index (χ1v) is 6.32. The fraction of sp³-hybridized carbons (Fsp3) is 0.357. The normalized spacial score (nSPS) is 26.7. The van der Waals surface area contributed by atoms with Crippen LogP contribution in [-0.4, -0.2) is 11.8 Å². The average molecular weight is 248 g/mol. The van der Waals surface area contributed by atoms with Crippen LogP contribution in [0.1, 0.15) is 31.2 Å². The number of halogens is 1. The molecule has 2 aliphatic heterocycles. The minimum absolute atomic E-state index is 0.232. The maximum Gasteiger partial charge on any atom is 0.159 e. The number of hydrogen-bond acceptors (Lipinski definition) is 2. The smallest absolute Gasteiger partial charge is 0.159 e. The van der Waals surface area contributed by atoms with E-state index in [9.17, 15) is 4.79 Å². The second-order valence-electron chi connectivity index (χ2n) is 4.89. The quantitative estimate of drug-likeness (QED) is 0.699. The highest BCUT2D eigenvalue weighted by molar-refractivity contribution is 6.30. The van der Waals surface area contributed by atoms with Crippen LogP contribution in [0, 0.1) is 0 Å². The Morgan fingerprint density at radius 1 is 1.41 bits per heavy atom. The van der Waals surface area contributed by atoms with E-state index in [0.29, 0.717) is 18.4 Å². The zero-order chi connectivity index (χ0) is 12.0. The summed E-state index contributed by atoms with van der Waals surface area (Å²) in [5.41, 5.74) is 2.48. The van der Waals surface area contributed by atoms with Crippen LogP contribution in [0.2, 0.25) is 5.02 Å². The number of benzene rings is 1. The molecule has 1 aromatic carbocycles. The van der Waals surface area contributed by atoms with Gasteiger partial charge in [-0.25, -0.2) is 0 Å². The van der Waals surface area contributed by atoms with E-state index < -0.39 is 0 Å². The Labute approximate surface area is 106 Å².